The molecule has 0 aromatic rings. The number of amides is 4. The Bertz CT molecular complexity index is 2080. The molecule has 0 spiro atoms. The van der Waals surface area contributed by atoms with Crippen molar-refractivity contribution < 1.29 is 83.9 Å². The molecule has 0 atom stereocenters. The molecule has 4 N–H and O–H groups in total. The summed E-state index contributed by atoms with van der Waals surface area (Å²) in [5.74, 6) is -1.84. The Balaban J connectivity index is -0.000000357. The standard InChI is InChI=1S/C16H33NO4Si2.C15H31NO5Si2.C14H29NO4Si2.C10H20O3Si.C9H19NO2Si/c1-7-9-13-22(3,4)21-23(5,6)14-10-15(18)17-11-12-20-16(19)8-2;1-7-9-12-22(3,4)21-23(5,6)13-20-15(18)16-10-11-19-14(17)8-2;1-7-9-12-20(3,4)19-21(5,6)14(17)15-10-11-18-13(16)8-2;1-9(2)10(11)13-6-4-5-7-14-8-12-3;1-3-9(11)10-6-4-5-7-13-8-12-2/h8H,2,7,9-14H2,1,3-6H3,(H,17,18);8H,2,7,9-13H2,1,3-6H3,(H,16,18);8H,2,7,9-12H2,1,3-6H3,(H,15,17);1,4-8,14H2,2-3H3;3H,1,4-8,13H2,2H3,(H,10,11). The molecule has 22 nitrogen and oxygen atoms in total. The van der Waals surface area contributed by atoms with Gasteiger partial charge in [-0.05, 0) is 129 Å². The Morgan fingerprint density at radius 2 is 0.840 bits per heavy atom. The van der Waals surface area contributed by atoms with Crippen molar-refractivity contribution in [2.75, 3.05) is 85.5 Å². The predicted molar refractivity (Wildman–Crippen MR) is 404 cm³/mol. The van der Waals surface area contributed by atoms with Gasteiger partial charge in [-0.2, -0.15) is 0 Å². The van der Waals surface area contributed by atoms with E-state index in [-0.39, 0.29) is 68.7 Å². The van der Waals surface area contributed by atoms with Gasteiger partial charge in [0.05, 0.1) is 45.3 Å². The number of esters is 4. The van der Waals surface area contributed by atoms with Gasteiger partial charge in [0, 0.05) is 63.4 Å². The molecule has 0 fully saturated rings. The van der Waals surface area contributed by atoms with Crippen molar-refractivity contribution in [2.45, 2.75) is 213 Å². The van der Waals surface area contributed by atoms with E-state index in [0.29, 0.717) is 37.9 Å². The van der Waals surface area contributed by atoms with Gasteiger partial charge in [0.2, 0.25) is 25.7 Å². The number of nitrogens with one attached hydrogen (secondary N) is 4. The van der Waals surface area contributed by atoms with Gasteiger partial charge in [-0.3, -0.25) is 14.4 Å². The maximum absolute atomic E-state index is 12.2. The van der Waals surface area contributed by atoms with Gasteiger partial charge in [-0.25, -0.2) is 24.0 Å². The summed E-state index contributed by atoms with van der Waals surface area (Å²) in [6, 6.07) is 6.76. The van der Waals surface area contributed by atoms with Crippen LogP contribution in [0.2, 0.25) is 115 Å². The summed E-state index contributed by atoms with van der Waals surface area (Å²) in [7, 11) is -7.94. The van der Waals surface area contributed by atoms with E-state index in [4.69, 9.17) is 45.5 Å². The molecule has 0 aromatic carbocycles. The second kappa shape index (κ2) is 60.0. The third-order valence-electron chi connectivity index (χ3n) is 13.1. The number of hydrogen-bond donors (Lipinski definition) is 4. The van der Waals surface area contributed by atoms with Crippen molar-refractivity contribution in [3.63, 3.8) is 0 Å². The molecule has 0 unspecified atom stereocenters. The molecule has 0 saturated carbocycles. The maximum atomic E-state index is 12.2. The highest BCUT2D eigenvalue weighted by molar-refractivity contribution is 7.03. The van der Waals surface area contributed by atoms with Gasteiger partial charge in [0.25, 0.3) is 8.32 Å². The molecule has 0 aliphatic carbocycles. The molecule has 4 amide bonds. The van der Waals surface area contributed by atoms with Crippen molar-refractivity contribution >= 4 is 116 Å². The minimum Gasteiger partial charge on any atom is -0.462 e. The van der Waals surface area contributed by atoms with E-state index < -0.39 is 73.9 Å². The van der Waals surface area contributed by atoms with Crippen LogP contribution in [-0.2, 0) is 74.3 Å². The van der Waals surface area contributed by atoms with Gasteiger partial charge in [-0.1, -0.05) is 117 Å². The molecule has 0 aliphatic heterocycles. The van der Waals surface area contributed by atoms with Gasteiger partial charge in [0.15, 0.2) is 33.3 Å². The Labute approximate surface area is 579 Å². The fourth-order valence-electron chi connectivity index (χ4n) is 8.42. The summed E-state index contributed by atoms with van der Waals surface area (Å²) >= 11 is 0. The number of hydrogen-bond acceptors (Lipinski definition) is 18. The lowest BCUT2D eigenvalue weighted by molar-refractivity contribution is -0.139. The lowest BCUT2D eigenvalue weighted by Crippen LogP contribution is -2.54. The molecule has 0 aromatic heterocycles. The lowest BCUT2D eigenvalue weighted by atomic mass is 10.3. The zero-order valence-corrected chi connectivity index (χ0v) is 70.7. The Kier molecular flexibility index (Phi) is 62.9. The molecule has 0 bridgehead atoms. The van der Waals surface area contributed by atoms with Crippen molar-refractivity contribution in [1.82, 2.24) is 21.3 Å². The first-order chi connectivity index (χ1) is 43.9. The zero-order valence-electron chi connectivity index (χ0n) is 61.9. The number of alkyl carbamates (subject to hydrolysis) is 1. The first-order valence-corrected chi connectivity index (χ1v) is 56.0. The Morgan fingerprint density at radius 1 is 0.436 bits per heavy atom. The molecule has 0 rings (SSSR count). The first kappa shape index (κ1) is 98.5. The van der Waals surface area contributed by atoms with Crippen LogP contribution in [0.3, 0.4) is 0 Å². The largest absolute Gasteiger partial charge is 0.462 e. The molecular formula is C64H132N4O18Si8. The summed E-state index contributed by atoms with van der Waals surface area (Å²) in [6.45, 7) is 53.1. The van der Waals surface area contributed by atoms with E-state index in [2.05, 4.69) is 140 Å². The number of ether oxygens (including phenoxy) is 7. The summed E-state index contributed by atoms with van der Waals surface area (Å²) in [5.41, 5.74) is 0.424. The van der Waals surface area contributed by atoms with Crippen LogP contribution in [-0.4, -0.2) is 202 Å². The van der Waals surface area contributed by atoms with Crippen LogP contribution in [0.1, 0.15) is 98.3 Å². The number of methoxy groups -OCH3 is 2. The number of carbonyl (C=O) groups is 8. The molecular weight excluding hydrogens is 1340 g/mol. The maximum Gasteiger partial charge on any atom is 0.407 e. The van der Waals surface area contributed by atoms with Crippen LogP contribution in [0, 0.1) is 0 Å². The van der Waals surface area contributed by atoms with E-state index >= 15 is 0 Å². The quantitative estimate of drug-likeness (QED) is 0.0145. The van der Waals surface area contributed by atoms with Gasteiger partial charge >= 0.3 is 30.0 Å². The normalized spacial score (nSPS) is 11.5. The van der Waals surface area contributed by atoms with Crippen LogP contribution in [0.5, 0.6) is 0 Å². The molecule has 94 heavy (non-hydrogen) atoms. The highest BCUT2D eigenvalue weighted by Gasteiger charge is 2.39. The van der Waals surface area contributed by atoms with Crippen molar-refractivity contribution in [2.24, 2.45) is 0 Å². The summed E-state index contributed by atoms with van der Waals surface area (Å²) < 4.78 is 53.6. The smallest absolute Gasteiger partial charge is 0.407 e. The van der Waals surface area contributed by atoms with Crippen LogP contribution < -0.4 is 21.3 Å². The zero-order chi connectivity index (χ0) is 73.1. The summed E-state index contributed by atoms with van der Waals surface area (Å²) in [4.78, 5) is 89.9. The SMILES string of the molecule is C=C(C)C(=O)OCCCC[SiH2]COC.C=CC(=O)NCCCC[SiH2]COC.C=CC(=O)OCCNC(=O)CC[Si](C)(C)O[Si](C)(C)CCCC.C=CC(=O)OCCNC(=O)OC[Si](C)(C)O[Si](C)(C)CCCC.C=CC(=O)OCCNC(=O)[Si](C)(C)O[Si](C)(C)CCCC. The van der Waals surface area contributed by atoms with Crippen molar-refractivity contribution in [1.29, 1.82) is 0 Å². The number of rotatable bonds is 49. The van der Waals surface area contributed by atoms with Gasteiger partial charge < -0.3 is 66.8 Å². The van der Waals surface area contributed by atoms with E-state index in [9.17, 15) is 38.4 Å². The van der Waals surface area contributed by atoms with Crippen LogP contribution in [0.15, 0.2) is 62.8 Å². The van der Waals surface area contributed by atoms with Crippen molar-refractivity contribution in [3.8, 4) is 0 Å². The van der Waals surface area contributed by atoms with Crippen LogP contribution >= 0.6 is 0 Å². The third kappa shape index (κ3) is 69.2. The average molecular weight is 1470 g/mol. The molecule has 548 valence electrons. The number of carbonyl (C=O) groups excluding carboxylic acids is 8. The predicted octanol–water partition coefficient (Wildman–Crippen LogP) is 11.2. The second-order valence-electron chi connectivity index (χ2n) is 25.9. The van der Waals surface area contributed by atoms with E-state index in [1.54, 1.807) is 21.1 Å². The molecule has 0 aliphatic rings. The first-order valence-electron chi connectivity index (χ1n) is 33.5. The van der Waals surface area contributed by atoms with Crippen molar-refractivity contribution in [3.05, 3.63) is 62.8 Å². The molecule has 0 saturated heterocycles. The summed E-state index contributed by atoms with van der Waals surface area (Å²) in [5, 5.41) is 10.8. The lowest BCUT2D eigenvalue weighted by Gasteiger charge is -2.34. The highest BCUT2D eigenvalue weighted by Crippen LogP contribution is 2.25. The third-order valence-corrected chi connectivity index (χ3v) is 37.8. The minimum absolute atomic E-state index is 0.00363. The van der Waals surface area contributed by atoms with Gasteiger partial charge in [0.1, 0.15) is 26.1 Å². The highest BCUT2D eigenvalue weighted by atomic mass is 28.4. The van der Waals surface area contributed by atoms with E-state index in [0.717, 1.165) is 93.9 Å². The molecule has 30 heteroatoms. The molecule has 0 heterocycles. The van der Waals surface area contributed by atoms with E-state index in [1.807, 2.05) is 13.1 Å². The minimum atomic E-state index is -2.43. The average Bonchev–Trinajstić information content (AvgIpc) is 0.896. The fourth-order valence-corrected chi connectivity index (χ4v) is 36.0. The summed E-state index contributed by atoms with van der Waals surface area (Å²) in [6.07, 6.45) is 18.2. The molecule has 0 radical (unpaired) electrons. The van der Waals surface area contributed by atoms with Crippen LogP contribution in [0.4, 0.5) is 9.59 Å². The van der Waals surface area contributed by atoms with E-state index in [1.165, 1.54) is 49.9 Å². The monoisotopic (exact) mass is 1470 g/mol. The Hall–Kier alpha value is -4.20. The second-order valence-corrected chi connectivity index (χ2v) is 55.3. The Morgan fingerprint density at radius 3 is 1.26 bits per heavy atom. The topological polar surface area (TPSA) is 277 Å². The van der Waals surface area contributed by atoms with Gasteiger partial charge in [-0.15, -0.1) is 0 Å². The fraction of sp³-hybridized carbons (Fsp3) is 0.719. The number of unbranched alkanes of at least 4 members (excludes halogenated alkanes) is 5. The van der Waals surface area contributed by atoms with Crippen LogP contribution in [0.25, 0.3) is 0 Å².